The molecule has 1 spiro atoms. The van der Waals surface area contributed by atoms with Gasteiger partial charge in [0.1, 0.15) is 6.17 Å². The molecule has 1 aromatic carbocycles. The molecule has 0 bridgehead atoms. The van der Waals surface area contributed by atoms with Gasteiger partial charge in [-0.15, -0.1) is 0 Å². The Morgan fingerprint density at radius 3 is 2.32 bits per heavy atom. The van der Waals surface area contributed by atoms with E-state index in [9.17, 15) is 9.90 Å². The molecule has 0 radical (unpaired) electrons. The molecule has 1 aliphatic carbocycles. The summed E-state index contributed by atoms with van der Waals surface area (Å²) in [6.45, 7) is 2.78. The highest BCUT2D eigenvalue weighted by Crippen LogP contribution is 2.44. The van der Waals surface area contributed by atoms with E-state index in [0.29, 0.717) is 18.0 Å². The second kappa shape index (κ2) is 7.12. The molecule has 1 aliphatic heterocycles. The number of ether oxygens (including phenoxy) is 2. The van der Waals surface area contributed by atoms with Crippen LogP contribution in [0.25, 0.3) is 0 Å². The summed E-state index contributed by atoms with van der Waals surface area (Å²) in [6, 6.07) is 3.57. The first kappa shape index (κ1) is 17.9. The van der Waals surface area contributed by atoms with Crippen molar-refractivity contribution < 1.29 is 19.4 Å². The molecule has 25 heavy (non-hydrogen) atoms. The largest absolute Gasteiger partial charge is 0.502 e. The van der Waals surface area contributed by atoms with Crippen molar-refractivity contribution in [2.45, 2.75) is 57.2 Å². The molecule has 6 nitrogen and oxygen atoms in total. The van der Waals surface area contributed by atoms with Crippen LogP contribution in [0.1, 0.15) is 57.2 Å². The third-order valence-electron chi connectivity index (χ3n) is 5.38. The van der Waals surface area contributed by atoms with Gasteiger partial charge >= 0.3 is 0 Å². The van der Waals surface area contributed by atoms with Gasteiger partial charge in [0.15, 0.2) is 11.5 Å². The number of hydrogen-bond acceptors (Lipinski definition) is 5. The van der Waals surface area contributed by atoms with E-state index in [0.717, 1.165) is 37.7 Å². The molecule has 1 amide bonds. The van der Waals surface area contributed by atoms with Gasteiger partial charge < -0.3 is 19.5 Å². The molecule has 1 atom stereocenters. The van der Waals surface area contributed by atoms with Gasteiger partial charge in [-0.2, -0.15) is 0 Å². The molecule has 138 valence electrons. The van der Waals surface area contributed by atoms with Crippen molar-refractivity contribution in [1.29, 1.82) is 0 Å². The molecule has 0 aromatic heterocycles. The van der Waals surface area contributed by atoms with Crippen LogP contribution in [0.15, 0.2) is 12.1 Å². The van der Waals surface area contributed by atoms with Crippen molar-refractivity contribution >= 4 is 5.91 Å². The molecule has 2 N–H and O–H groups in total. The maximum Gasteiger partial charge on any atom is 0.244 e. The third-order valence-corrected chi connectivity index (χ3v) is 5.38. The summed E-state index contributed by atoms with van der Waals surface area (Å²) >= 11 is 0. The maximum atomic E-state index is 13.2. The molecule has 0 unspecified atom stereocenters. The van der Waals surface area contributed by atoms with Crippen molar-refractivity contribution in [2.75, 3.05) is 20.8 Å². The van der Waals surface area contributed by atoms with E-state index in [1.165, 1.54) is 20.6 Å². The van der Waals surface area contributed by atoms with Gasteiger partial charge in [-0.25, -0.2) is 0 Å². The number of rotatable bonds is 5. The lowest BCUT2D eigenvalue weighted by molar-refractivity contribution is -0.134. The summed E-state index contributed by atoms with van der Waals surface area (Å²) in [4.78, 5) is 15.1. The van der Waals surface area contributed by atoms with E-state index in [1.807, 2.05) is 4.90 Å². The van der Waals surface area contributed by atoms with Gasteiger partial charge in [0.2, 0.25) is 11.7 Å². The van der Waals surface area contributed by atoms with Gasteiger partial charge in [0, 0.05) is 6.54 Å². The lowest BCUT2D eigenvalue weighted by Crippen LogP contribution is -2.48. The van der Waals surface area contributed by atoms with Crippen LogP contribution in [0.3, 0.4) is 0 Å². The third kappa shape index (κ3) is 3.03. The van der Waals surface area contributed by atoms with Crippen LogP contribution < -0.4 is 14.8 Å². The van der Waals surface area contributed by atoms with E-state index in [2.05, 4.69) is 12.2 Å². The fourth-order valence-electron chi connectivity index (χ4n) is 4.11. The summed E-state index contributed by atoms with van der Waals surface area (Å²) < 4.78 is 10.6. The van der Waals surface area contributed by atoms with Crippen molar-refractivity contribution in [3.8, 4) is 17.2 Å². The number of hydrogen-bond donors (Lipinski definition) is 2. The minimum atomic E-state index is -0.448. The summed E-state index contributed by atoms with van der Waals surface area (Å²) in [5.41, 5.74) is 0.423. The van der Waals surface area contributed by atoms with Crippen LogP contribution in [-0.4, -0.2) is 42.2 Å². The van der Waals surface area contributed by atoms with Crippen molar-refractivity contribution in [2.24, 2.45) is 0 Å². The van der Waals surface area contributed by atoms with Crippen molar-refractivity contribution in [1.82, 2.24) is 10.2 Å². The lowest BCUT2D eigenvalue weighted by Gasteiger charge is -2.31. The first-order chi connectivity index (χ1) is 12.1. The van der Waals surface area contributed by atoms with E-state index in [-0.39, 0.29) is 17.8 Å². The molecule has 1 saturated heterocycles. The average Bonchev–Trinajstić information content (AvgIpc) is 2.89. The van der Waals surface area contributed by atoms with E-state index in [4.69, 9.17) is 9.47 Å². The molecule has 6 heteroatoms. The number of carbonyl (C=O) groups is 1. The number of phenolic OH excluding ortho intramolecular Hbond substituents is 1. The Morgan fingerprint density at radius 1 is 1.20 bits per heavy atom. The van der Waals surface area contributed by atoms with E-state index >= 15 is 0 Å². The van der Waals surface area contributed by atoms with Crippen LogP contribution in [-0.2, 0) is 4.79 Å². The minimum Gasteiger partial charge on any atom is -0.502 e. The Bertz CT molecular complexity index is 615. The predicted octanol–water partition coefficient (Wildman–Crippen LogP) is 2.95. The number of carbonyl (C=O) groups excluding carboxylic acids is 1. The SMILES string of the molecule is CCCN1C(=O)C2(CCCCC2)N[C@@H]1c1cc(OC)c(O)c(OC)c1. The zero-order chi connectivity index (χ0) is 18.0. The highest BCUT2D eigenvalue weighted by molar-refractivity contribution is 5.89. The van der Waals surface area contributed by atoms with Crippen LogP contribution in [0.2, 0.25) is 0 Å². The Kier molecular flexibility index (Phi) is 5.08. The number of phenols is 1. The summed E-state index contributed by atoms with van der Waals surface area (Å²) in [5.74, 6) is 0.881. The number of amides is 1. The Morgan fingerprint density at radius 2 is 1.80 bits per heavy atom. The topological polar surface area (TPSA) is 71.0 Å². The normalized spacial score (nSPS) is 22.4. The molecule has 3 rings (SSSR count). The predicted molar refractivity (Wildman–Crippen MR) is 94.9 cm³/mol. The highest BCUT2D eigenvalue weighted by Gasteiger charge is 2.51. The molecule has 1 heterocycles. The number of nitrogens with one attached hydrogen (secondary N) is 1. The summed E-state index contributed by atoms with van der Waals surface area (Å²) in [6.07, 6.45) is 5.78. The number of aromatic hydroxyl groups is 1. The monoisotopic (exact) mass is 348 g/mol. The summed E-state index contributed by atoms with van der Waals surface area (Å²) in [7, 11) is 3.02. The fourth-order valence-corrected chi connectivity index (χ4v) is 4.11. The molecule has 1 aromatic rings. The molecular formula is C19H28N2O4. The van der Waals surface area contributed by atoms with Crippen LogP contribution >= 0.6 is 0 Å². The van der Waals surface area contributed by atoms with Crippen LogP contribution in [0.5, 0.6) is 17.2 Å². The smallest absolute Gasteiger partial charge is 0.244 e. The van der Waals surface area contributed by atoms with Gasteiger partial charge in [0.25, 0.3) is 0 Å². The van der Waals surface area contributed by atoms with E-state index < -0.39 is 5.54 Å². The lowest BCUT2D eigenvalue weighted by atomic mass is 9.81. The average molecular weight is 348 g/mol. The standard InChI is InChI=1S/C19H28N2O4/c1-4-10-21-17(20-19(18(21)23)8-6-5-7-9-19)13-11-14(24-2)16(22)15(12-13)25-3/h11-12,17,20,22H,4-10H2,1-3H3/t17-/m0/s1. The van der Waals surface area contributed by atoms with E-state index in [1.54, 1.807) is 12.1 Å². The number of benzene rings is 1. The first-order valence-corrected chi connectivity index (χ1v) is 9.10. The summed E-state index contributed by atoms with van der Waals surface area (Å²) in [5, 5.41) is 13.8. The number of nitrogens with zero attached hydrogens (tertiary/aromatic N) is 1. The van der Waals surface area contributed by atoms with Gasteiger partial charge in [-0.1, -0.05) is 26.2 Å². The first-order valence-electron chi connectivity index (χ1n) is 9.10. The van der Waals surface area contributed by atoms with Crippen molar-refractivity contribution in [3.63, 3.8) is 0 Å². The van der Waals surface area contributed by atoms with Gasteiger partial charge in [-0.05, 0) is 37.0 Å². The van der Waals surface area contributed by atoms with Crippen LogP contribution in [0.4, 0.5) is 0 Å². The second-order valence-electron chi connectivity index (χ2n) is 6.96. The van der Waals surface area contributed by atoms with Gasteiger partial charge in [0.05, 0.1) is 19.8 Å². The molecular weight excluding hydrogens is 320 g/mol. The van der Waals surface area contributed by atoms with Gasteiger partial charge in [-0.3, -0.25) is 10.1 Å². The molecule has 2 aliphatic rings. The Labute approximate surface area is 149 Å². The highest BCUT2D eigenvalue weighted by atomic mass is 16.5. The number of methoxy groups -OCH3 is 2. The quantitative estimate of drug-likeness (QED) is 0.856. The maximum absolute atomic E-state index is 13.2. The Hall–Kier alpha value is -1.95. The van der Waals surface area contributed by atoms with Crippen molar-refractivity contribution in [3.05, 3.63) is 17.7 Å². The second-order valence-corrected chi connectivity index (χ2v) is 6.96. The zero-order valence-corrected chi connectivity index (χ0v) is 15.3. The Balaban J connectivity index is 2.00. The molecule has 1 saturated carbocycles. The zero-order valence-electron chi connectivity index (χ0n) is 15.3. The minimum absolute atomic E-state index is 0.0208. The fraction of sp³-hybridized carbons (Fsp3) is 0.632. The molecule has 2 fully saturated rings. The van der Waals surface area contributed by atoms with Crippen LogP contribution in [0, 0.1) is 0 Å².